The number of aromatic nitrogens is 2. The van der Waals surface area contributed by atoms with Crippen LogP contribution < -0.4 is 9.46 Å². The number of methoxy groups -OCH3 is 1. The van der Waals surface area contributed by atoms with E-state index >= 15 is 0 Å². The second-order valence-corrected chi connectivity index (χ2v) is 7.69. The lowest BCUT2D eigenvalue weighted by molar-refractivity contribution is 0.415. The largest absolute Gasteiger partial charge is 0.497 e. The molecule has 6 nitrogen and oxygen atoms in total. The maximum atomic E-state index is 12.7. The molecule has 0 aliphatic rings. The van der Waals surface area contributed by atoms with Crippen molar-refractivity contribution in [1.29, 1.82) is 0 Å². The SMILES string of the molecule is COc1cccc(-c2ccc(NS(=O)(=O)c3ccccn3)c3ncccc23)c1. The molecular formula is C21H17N3O3S. The van der Waals surface area contributed by atoms with E-state index in [-0.39, 0.29) is 5.03 Å². The van der Waals surface area contributed by atoms with Crippen molar-refractivity contribution in [2.45, 2.75) is 5.03 Å². The van der Waals surface area contributed by atoms with Gasteiger partial charge in [-0.1, -0.05) is 30.3 Å². The number of benzene rings is 2. The molecule has 7 heteroatoms. The fraction of sp³-hybridized carbons (Fsp3) is 0.0476. The fourth-order valence-electron chi connectivity index (χ4n) is 3.00. The Morgan fingerprint density at radius 2 is 1.75 bits per heavy atom. The zero-order chi connectivity index (χ0) is 19.6. The monoisotopic (exact) mass is 391 g/mol. The van der Waals surface area contributed by atoms with Crippen LogP contribution in [-0.2, 0) is 10.0 Å². The molecule has 0 fully saturated rings. The summed E-state index contributed by atoms with van der Waals surface area (Å²) < 4.78 is 33.2. The molecule has 140 valence electrons. The highest BCUT2D eigenvalue weighted by molar-refractivity contribution is 7.92. The highest BCUT2D eigenvalue weighted by Gasteiger charge is 2.18. The second kappa shape index (κ2) is 7.28. The number of nitrogens with one attached hydrogen (secondary N) is 1. The molecule has 4 aromatic rings. The van der Waals surface area contributed by atoms with Gasteiger partial charge in [-0.05, 0) is 47.5 Å². The normalized spacial score (nSPS) is 11.3. The number of nitrogens with zero attached hydrogens (tertiary/aromatic N) is 2. The minimum atomic E-state index is -3.81. The zero-order valence-electron chi connectivity index (χ0n) is 15.0. The number of hydrogen-bond acceptors (Lipinski definition) is 5. The first-order valence-electron chi connectivity index (χ1n) is 8.54. The molecule has 0 spiro atoms. The van der Waals surface area contributed by atoms with E-state index in [1.54, 1.807) is 31.5 Å². The summed E-state index contributed by atoms with van der Waals surface area (Å²) in [6.45, 7) is 0. The molecule has 0 aliphatic heterocycles. The van der Waals surface area contributed by atoms with Gasteiger partial charge in [-0.3, -0.25) is 9.71 Å². The van der Waals surface area contributed by atoms with Gasteiger partial charge < -0.3 is 4.74 Å². The Hall–Kier alpha value is -3.45. The summed E-state index contributed by atoms with van der Waals surface area (Å²) in [6, 6.07) is 19.7. The molecule has 2 aromatic carbocycles. The van der Waals surface area contributed by atoms with Crippen LogP contribution in [0.5, 0.6) is 5.75 Å². The van der Waals surface area contributed by atoms with E-state index in [0.29, 0.717) is 11.2 Å². The van der Waals surface area contributed by atoms with Gasteiger partial charge in [0.2, 0.25) is 0 Å². The van der Waals surface area contributed by atoms with Gasteiger partial charge in [0.1, 0.15) is 5.75 Å². The summed E-state index contributed by atoms with van der Waals surface area (Å²) in [5.74, 6) is 0.745. The summed E-state index contributed by atoms with van der Waals surface area (Å²) in [7, 11) is -2.19. The van der Waals surface area contributed by atoms with Crippen LogP contribution in [0.4, 0.5) is 5.69 Å². The number of rotatable bonds is 5. The van der Waals surface area contributed by atoms with Gasteiger partial charge in [0.15, 0.2) is 5.03 Å². The van der Waals surface area contributed by atoms with E-state index in [9.17, 15) is 8.42 Å². The lowest BCUT2D eigenvalue weighted by atomic mass is 9.99. The van der Waals surface area contributed by atoms with Crippen molar-refractivity contribution >= 4 is 26.6 Å². The van der Waals surface area contributed by atoms with E-state index in [2.05, 4.69) is 14.7 Å². The summed E-state index contributed by atoms with van der Waals surface area (Å²) in [5, 5.41) is 0.785. The third-order valence-corrected chi connectivity index (χ3v) is 5.59. The van der Waals surface area contributed by atoms with Gasteiger partial charge in [0.05, 0.1) is 18.3 Å². The molecule has 0 saturated carbocycles. The van der Waals surface area contributed by atoms with E-state index in [1.165, 1.54) is 12.3 Å². The number of anilines is 1. The maximum Gasteiger partial charge on any atom is 0.279 e. The summed E-state index contributed by atoms with van der Waals surface area (Å²) in [4.78, 5) is 8.34. The Morgan fingerprint density at radius 1 is 0.893 bits per heavy atom. The van der Waals surface area contributed by atoms with Gasteiger partial charge >= 0.3 is 0 Å². The molecular weight excluding hydrogens is 374 g/mol. The number of ether oxygens (including phenoxy) is 1. The number of pyridine rings is 2. The molecule has 0 radical (unpaired) electrons. The first kappa shape index (κ1) is 17.9. The van der Waals surface area contributed by atoms with Crippen molar-refractivity contribution in [2.24, 2.45) is 0 Å². The van der Waals surface area contributed by atoms with Crippen LogP contribution >= 0.6 is 0 Å². The Morgan fingerprint density at radius 3 is 2.54 bits per heavy atom. The van der Waals surface area contributed by atoms with Crippen LogP contribution in [0.1, 0.15) is 0 Å². The Bertz CT molecular complexity index is 1240. The highest BCUT2D eigenvalue weighted by atomic mass is 32.2. The number of hydrogen-bond donors (Lipinski definition) is 1. The summed E-state index contributed by atoms with van der Waals surface area (Å²) >= 11 is 0. The zero-order valence-corrected chi connectivity index (χ0v) is 15.8. The van der Waals surface area contributed by atoms with Crippen molar-refractivity contribution in [3.05, 3.63) is 79.1 Å². The highest BCUT2D eigenvalue weighted by Crippen LogP contribution is 2.34. The van der Waals surface area contributed by atoms with Crippen molar-refractivity contribution in [2.75, 3.05) is 11.8 Å². The minimum absolute atomic E-state index is 0.0454. The lowest BCUT2D eigenvalue weighted by Gasteiger charge is -2.13. The first-order chi connectivity index (χ1) is 13.6. The van der Waals surface area contributed by atoms with Gasteiger partial charge in [-0.25, -0.2) is 4.98 Å². The van der Waals surface area contributed by atoms with Crippen molar-refractivity contribution in [1.82, 2.24) is 9.97 Å². The molecule has 2 heterocycles. The topological polar surface area (TPSA) is 81.2 Å². The molecule has 0 amide bonds. The van der Waals surface area contributed by atoms with E-state index in [0.717, 1.165) is 22.3 Å². The van der Waals surface area contributed by atoms with Crippen LogP contribution in [-0.4, -0.2) is 25.5 Å². The van der Waals surface area contributed by atoms with E-state index < -0.39 is 10.0 Å². The molecule has 0 aliphatic carbocycles. The average Bonchev–Trinajstić information content (AvgIpc) is 2.74. The molecule has 0 bridgehead atoms. The van der Waals surface area contributed by atoms with Crippen molar-refractivity contribution in [3.63, 3.8) is 0 Å². The number of fused-ring (bicyclic) bond motifs is 1. The predicted octanol–water partition coefficient (Wildman–Crippen LogP) is 4.11. The summed E-state index contributed by atoms with van der Waals surface area (Å²) in [5.41, 5.74) is 2.84. The van der Waals surface area contributed by atoms with Gasteiger partial charge in [0.25, 0.3) is 10.0 Å². The first-order valence-corrected chi connectivity index (χ1v) is 10.0. The summed E-state index contributed by atoms with van der Waals surface area (Å²) in [6.07, 6.45) is 3.08. The third kappa shape index (κ3) is 3.39. The fourth-order valence-corrected chi connectivity index (χ4v) is 4.02. The van der Waals surface area contributed by atoms with E-state index in [1.807, 2.05) is 42.5 Å². The molecule has 4 rings (SSSR count). The molecule has 0 unspecified atom stereocenters. The van der Waals surface area contributed by atoms with Crippen LogP contribution in [0.15, 0.2) is 84.1 Å². The molecule has 0 atom stereocenters. The van der Waals surface area contributed by atoms with E-state index in [4.69, 9.17) is 4.74 Å². The predicted molar refractivity (Wildman–Crippen MR) is 109 cm³/mol. The Labute approximate surface area is 162 Å². The molecule has 0 saturated heterocycles. The average molecular weight is 391 g/mol. The third-order valence-electron chi connectivity index (χ3n) is 4.31. The number of sulfonamides is 1. The van der Waals surface area contributed by atoms with Gasteiger partial charge in [-0.15, -0.1) is 0 Å². The lowest BCUT2D eigenvalue weighted by Crippen LogP contribution is -2.14. The Kier molecular flexibility index (Phi) is 4.67. The van der Waals surface area contributed by atoms with Gasteiger partial charge in [0, 0.05) is 17.8 Å². The Balaban J connectivity index is 1.82. The molecule has 28 heavy (non-hydrogen) atoms. The standard InChI is InChI=1S/C21H17N3O3S/c1-27-16-7-4-6-15(14-16)17-10-11-19(21-18(17)8-5-13-23-21)24-28(25,26)20-9-2-3-12-22-20/h2-14,24H,1H3. The van der Waals surface area contributed by atoms with Crippen molar-refractivity contribution in [3.8, 4) is 16.9 Å². The van der Waals surface area contributed by atoms with Gasteiger partial charge in [-0.2, -0.15) is 8.42 Å². The molecule has 1 N–H and O–H groups in total. The van der Waals surface area contributed by atoms with Crippen molar-refractivity contribution < 1.29 is 13.2 Å². The quantitative estimate of drug-likeness (QED) is 0.554. The smallest absolute Gasteiger partial charge is 0.279 e. The minimum Gasteiger partial charge on any atom is -0.497 e. The van der Waals surface area contributed by atoms with Crippen LogP contribution in [0.3, 0.4) is 0 Å². The van der Waals surface area contributed by atoms with Crippen LogP contribution in [0, 0.1) is 0 Å². The van der Waals surface area contributed by atoms with Crippen LogP contribution in [0.2, 0.25) is 0 Å². The second-order valence-electron chi connectivity index (χ2n) is 6.07. The molecule has 2 aromatic heterocycles. The maximum absolute atomic E-state index is 12.7. The van der Waals surface area contributed by atoms with Crippen LogP contribution in [0.25, 0.3) is 22.0 Å².